The van der Waals surface area contributed by atoms with Crippen molar-refractivity contribution >= 4 is 17.6 Å². The van der Waals surface area contributed by atoms with Gasteiger partial charge in [0.15, 0.2) is 0 Å². The number of carbonyl (C=O) groups excluding carboxylic acids is 1. The van der Waals surface area contributed by atoms with Gasteiger partial charge >= 0.3 is 5.97 Å². The monoisotopic (exact) mass is 708 g/mol. The fourth-order valence-corrected chi connectivity index (χ4v) is 6.44. The molecule has 2 atom stereocenters. The molecular weight excluding hydrogens is 663 g/mol. The molecule has 0 bridgehead atoms. The number of amides is 1. The van der Waals surface area contributed by atoms with E-state index in [1.54, 1.807) is 24.1 Å². The van der Waals surface area contributed by atoms with Crippen molar-refractivity contribution in [3.8, 4) is 28.1 Å². The van der Waals surface area contributed by atoms with Crippen LogP contribution in [0.3, 0.4) is 0 Å². The quantitative estimate of drug-likeness (QED) is 0.0841. The molecule has 0 saturated heterocycles. The summed E-state index contributed by atoms with van der Waals surface area (Å²) < 4.78 is 27.8. The number of carboxylic acids is 1. The van der Waals surface area contributed by atoms with Gasteiger partial charge in [-0.15, -0.1) is 0 Å². The van der Waals surface area contributed by atoms with Crippen molar-refractivity contribution in [1.29, 1.82) is 0 Å². The number of aromatic nitrogens is 1. The average Bonchev–Trinajstić information content (AvgIpc) is 3.48. The standard InChI is InChI=1S/C42H45FN2O7/c1-28(2)40-39(42(50)45(33-12-8-5-9-13-33)27-52-26-29-14-20-36(51-3)21-15-29)38(30-10-6-4-7-11-30)41(31-16-18-32(43)19-17-31)44(40)23-22-34(46)24-35(47)25-37(48)49/h4-21,28,34-35,46-47H,22-27H2,1-3H3,(H,48,49)/t34?,35-/m1/s1. The number of carboxylic acid groups (broad SMARTS) is 1. The third-order valence-corrected chi connectivity index (χ3v) is 8.85. The number of aliphatic hydroxyl groups is 2. The van der Waals surface area contributed by atoms with Gasteiger partial charge in [-0.25, -0.2) is 4.39 Å². The predicted molar refractivity (Wildman–Crippen MR) is 199 cm³/mol. The first-order valence-corrected chi connectivity index (χ1v) is 17.3. The van der Waals surface area contributed by atoms with Crippen LogP contribution in [0, 0.1) is 5.82 Å². The number of hydrogen-bond acceptors (Lipinski definition) is 6. The van der Waals surface area contributed by atoms with Crippen LogP contribution in [0.2, 0.25) is 0 Å². The van der Waals surface area contributed by atoms with E-state index in [0.29, 0.717) is 33.8 Å². The molecule has 0 aliphatic carbocycles. The Bertz CT molecular complexity index is 1910. The van der Waals surface area contributed by atoms with Crippen LogP contribution < -0.4 is 9.64 Å². The molecule has 0 aliphatic heterocycles. The number of aliphatic carboxylic acids is 1. The number of hydrogen-bond donors (Lipinski definition) is 3. The lowest BCUT2D eigenvalue weighted by atomic mass is 9.94. The normalized spacial score (nSPS) is 12.4. The molecule has 4 aromatic carbocycles. The number of ether oxygens (including phenoxy) is 2. The van der Waals surface area contributed by atoms with Crippen LogP contribution in [0.1, 0.15) is 60.6 Å². The van der Waals surface area contributed by atoms with Crippen molar-refractivity contribution in [2.45, 2.75) is 64.4 Å². The highest BCUT2D eigenvalue weighted by Gasteiger charge is 2.33. The zero-order chi connectivity index (χ0) is 37.2. The number of halogens is 1. The molecule has 52 heavy (non-hydrogen) atoms. The molecule has 0 aliphatic rings. The summed E-state index contributed by atoms with van der Waals surface area (Å²) in [6.07, 6.45) is -2.68. The second-order valence-corrected chi connectivity index (χ2v) is 13.0. The molecule has 0 radical (unpaired) electrons. The third kappa shape index (κ3) is 9.33. The number of benzene rings is 4. The molecule has 1 unspecified atom stereocenters. The van der Waals surface area contributed by atoms with Gasteiger partial charge in [-0.3, -0.25) is 14.5 Å². The van der Waals surface area contributed by atoms with Gasteiger partial charge in [0, 0.05) is 23.5 Å². The van der Waals surface area contributed by atoms with Crippen LogP contribution in [-0.2, 0) is 22.7 Å². The Morgan fingerprint density at radius 2 is 1.46 bits per heavy atom. The molecule has 0 saturated carbocycles. The Labute approximate surface area is 303 Å². The number of carbonyl (C=O) groups is 2. The van der Waals surface area contributed by atoms with Gasteiger partial charge in [-0.1, -0.05) is 74.5 Å². The van der Waals surface area contributed by atoms with Crippen molar-refractivity contribution in [2.75, 3.05) is 18.7 Å². The maximum absolute atomic E-state index is 15.2. The summed E-state index contributed by atoms with van der Waals surface area (Å²) in [5.74, 6) is -1.33. The highest BCUT2D eigenvalue weighted by molar-refractivity contribution is 6.13. The lowest BCUT2D eigenvalue weighted by Gasteiger charge is -2.25. The Hall–Kier alpha value is -5.29. The number of aliphatic hydroxyl groups excluding tert-OH is 2. The summed E-state index contributed by atoms with van der Waals surface area (Å²) in [6, 6.07) is 32.4. The van der Waals surface area contributed by atoms with Crippen LogP contribution in [0.4, 0.5) is 10.1 Å². The summed E-state index contributed by atoms with van der Waals surface area (Å²) in [7, 11) is 1.60. The van der Waals surface area contributed by atoms with E-state index in [4.69, 9.17) is 14.6 Å². The van der Waals surface area contributed by atoms with E-state index in [9.17, 15) is 19.4 Å². The minimum Gasteiger partial charge on any atom is -0.497 e. The molecule has 10 heteroatoms. The first-order valence-electron chi connectivity index (χ1n) is 17.3. The van der Waals surface area contributed by atoms with E-state index >= 15 is 4.79 Å². The van der Waals surface area contributed by atoms with E-state index in [2.05, 4.69) is 0 Å². The Balaban J connectivity index is 1.65. The highest BCUT2D eigenvalue weighted by Crippen LogP contribution is 2.43. The predicted octanol–water partition coefficient (Wildman–Crippen LogP) is 7.89. The fraction of sp³-hybridized carbons (Fsp3) is 0.286. The molecule has 5 rings (SSSR count). The number of rotatable bonds is 17. The Morgan fingerprint density at radius 3 is 2.06 bits per heavy atom. The smallest absolute Gasteiger partial charge is 0.305 e. The number of para-hydroxylation sites is 1. The summed E-state index contributed by atoms with van der Waals surface area (Å²) >= 11 is 0. The van der Waals surface area contributed by atoms with Gasteiger partial charge in [0.2, 0.25) is 0 Å². The van der Waals surface area contributed by atoms with Gasteiger partial charge in [0.25, 0.3) is 5.91 Å². The van der Waals surface area contributed by atoms with Crippen LogP contribution >= 0.6 is 0 Å². The number of anilines is 1. The van der Waals surface area contributed by atoms with Crippen molar-refractivity contribution in [3.63, 3.8) is 0 Å². The molecule has 9 nitrogen and oxygen atoms in total. The third-order valence-electron chi connectivity index (χ3n) is 8.85. The topological polar surface area (TPSA) is 121 Å². The van der Waals surface area contributed by atoms with Crippen LogP contribution in [0.15, 0.2) is 109 Å². The largest absolute Gasteiger partial charge is 0.497 e. The SMILES string of the molecule is COc1ccc(COCN(C(=O)c2c(-c3ccccc3)c(-c3ccc(F)cc3)n(CCC(O)C[C@@H](O)CC(=O)O)c2C(C)C)c2ccccc2)cc1. The van der Waals surface area contributed by atoms with E-state index in [1.165, 1.54) is 12.1 Å². The van der Waals surface area contributed by atoms with E-state index in [0.717, 1.165) is 16.9 Å². The molecule has 0 fully saturated rings. The zero-order valence-electron chi connectivity index (χ0n) is 29.6. The molecule has 5 aromatic rings. The molecule has 1 amide bonds. The summed E-state index contributed by atoms with van der Waals surface area (Å²) in [5.41, 5.74) is 5.45. The van der Waals surface area contributed by atoms with Crippen LogP contribution in [0.25, 0.3) is 22.4 Å². The maximum Gasteiger partial charge on any atom is 0.305 e. The highest BCUT2D eigenvalue weighted by atomic mass is 19.1. The lowest BCUT2D eigenvalue weighted by molar-refractivity contribution is -0.139. The molecule has 1 heterocycles. The second kappa shape index (κ2) is 17.8. The van der Waals surface area contributed by atoms with Crippen molar-refractivity contribution < 1.29 is 38.8 Å². The first kappa shape index (κ1) is 38.0. The minimum atomic E-state index is -1.22. The van der Waals surface area contributed by atoms with Gasteiger partial charge in [-0.05, 0) is 84.0 Å². The summed E-state index contributed by atoms with van der Waals surface area (Å²) in [5, 5.41) is 30.3. The Morgan fingerprint density at radius 1 is 0.827 bits per heavy atom. The van der Waals surface area contributed by atoms with Gasteiger partial charge < -0.3 is 29.4 Å². The van der Waals surface area contributed by atoms with Gasteiger partial charge in [0.05, 0.1) is 43.6 Å². The van der Waals surface area contributed by atoms with Crippen LogP contribution in [-0.4, -0.2) is 57.8 Å². The fourth-order valence-electron chi connectivity index (χ4n) is 6.44. The molecule has 0 spiro atoms. The molecule has 3 N–H and O–H groups in total. The van der Waals surface area contributed by atoms with E-state index < -0.39 is 30.4 Å². The molecule has 272 valence electrons. The van der Waals surface area contributed by atoms with Crippen molar-refractivity contribution in [3.05, 3.63) is 132 Å². The average molecular weight is 709 g/mol. The van der Waals surface area contributed by atoms with Crippen molar-refractivity contribution in [1.82, 2.24) is 4.57 Å². The zero-order valence-corrected chi connectivity index (χ0v) is 29.6. The Kier molecular flexibility index (Phi) is 13.0. The number of nitrogens with zero attached hydrogens (tertiary/aromatic N) is 2. The van der Waals surface area contributed by atoms with Gasteiger partial charge in [-0.2, -0.15) is 0 Å². The van der Waals surface area contributed by atoms with E-state index in [1.807, 2.05) is 103 Å². The molecule has 1 aromatic heterocycles. The maximum atomic E-state index is 15.2. The van der Waals surface area contributed by atoms with E-state index in [-0.39, 0.29) is 44.5 Å². The molecular formula is C42H45FN2O7. The van der Waals surface area contributed by atoms with Crippen LogP contribution in [0.5, 0.6) is 5.75 Å². The summed E-state index contributed by atoms with van der Waals surface area (Å²) in [6.45, 7) is 4.40. The minimum absolute atomic E-state index is 0.0577. The van der Waals surface area contributed by atoms with Gasteiger partial charge in [0.1, 0.15) is 18.3 Å². The summed E-state index contributed by atoms with van der Waals surface area (Å²) in [4.78, 5) is 28.0. The number of methoxy groups -OCH3 is 1. The lowest BCUT2D eigenvalue weighted by Crippen LogP contribution is -2.34. The van der Waals surface area contributed by atoms with Crippen molar-refractivity contribution in [2.24, 2.45) is 0 Å². The first-order chi connectivity index (χ1) is 25.1. The second-order valence-electron chi connectivity index (χ2n) is 13.0.